The van der Waals surface area contributed by atoms with Gasteiger partial charge in [0, 0.05) is 18.5 Å². The molecule has 0 spiro atoms. The van der Waals surface area contributed by atoms with Crippen molar-refractivity contribution in [3.8, 4) is 0 Å². The first-order valence-electron chi connectivity index (χ1n) is 6.21. The quantitative estimate of drug-likeness (QED) is 0.640. The predicted molar refractivity (Wildman–Crippen MR) is 83.9 cm³/mol. The Labute approximate surface area is 126 Å². The van der Waals surface area contributed by atoms with Crippen LogP contribution in [-0.4, -0.2) is 29.6 Å². The van der Waals surface area contributed by atoms with Crippen LogP contribution in [0.15, 0.2) is 44.8 Å². The molecule has 102 valence electrons. The summed E-state index contributed by atoms with van der Waals surface area (Å²) < 4.78 is 0. The molecule has 0 atom stereocenters. The number of carbonyl (C=O) groups excluding carboxylic acids is 1. The number of nitrogens with one attached hydrogen (secondary N) is 1. The summed E-state index contributed by atoms with van der Waals surface area (Å²) >= 11 is 2.78. The van der Waals surface area contributed by atoms with E-state index < -0.39 is 0 Å². The second-order valence-corrected chi connectivity index (χ2v) is 6.37. The van der Waals surface area contributed by atoms with E-state index in [-0.39, 0.29) is 11.1 Å². The number of carbonyl (C=O) groups is 1. The Balaban J connectivity index is 2.01. The van der Waals surface area contributed by atoms with Crippen LogP contribution in [-0.2, 0) is 4.79 Å². The third-order valence-electron chi connectivity index (χ3n) is 3.16. The van der Waals surface area contributed by atoms with Crippen LogP contribution in [0, 0.1) is 5.41 Å². The molecular formula is C14H13N3OS2. The number of fused-ring (bicyclic) bond motifs is 1. The van der Waals surface area contributed by atoms with Gasteiger partial charge in [0.05, 0.1) is 5.69 Å². The lowest BCUT2D eigenvalue weighted by Crippen LogP contribution is -2.27. The molecule has 2 aliphatic heterocycles. The minimum Gasteiger partial charge on any atom is -0.332 e. The van der Waals surface area contributed by atoms with Gasteiger partial charge in [-0.05, 0) is 30.8 Å². The topological polar surface area (TPSA) is 47.4 Å². The summed E-state index contributed by atoms with van der Waals surface area (Å²) in [7, 11) is 1.97. The molecule has 2 aliphatic rings. The van der Waals surface area contributed by atoms with E-state index in [1.807, 2.05) is 37.1 Å². The van der Waals surface area contributed by atoms with Crippen LogP contribution in [0.5, 0.6) is 0 Å². The van der Waals surface area contributed by atoms with E-state index in [2.05, 4.69) is 11.8 Å². The number of para-hydroxylation sites is 1. The molecule has 0 aromatic heterocycles. The Morgan fingerprint density at radius 3 is 2.70 bits per heavy atom. The minimum absolute atomic E-state index is 0.125. The van der Waals surface area contributed by atoms with E-state index in [1.54, 1.807) is 11.8 Å². The van der Waals surface area contributed by atoms with E-state index in [4.69, 9.17) is 5.41 Å². The van der Waals surface area contributed by atoms with Gasteiger partial charge in [-0.15, -0.1) is 0 Å². The van der Waals surface area contributed by atoms with Crippen LogP contribution >= 0.6 is 23.5 Å². The first-order chi connectivity index (χ1) is 9.61. The van der Waals surface area contributed by atoms with E-state index in [9.17, 15) is 4.79 Å². The lowest BCUT2D eigenvalue weighted by molar-refractivity contribution is -0.122. The summed E-state index contributed by atoms with van der Waals surface area (Å²) in [6, 6.07) is 8.10. The molecule has 0 aliphatic carbocycles. The van der Waals surface area contributed by atoms with Crippen molar-refractivity contribution in [3.63, 3.8) is 0 Å². The molecule has 1 aromatic rings. The molecule has 1 saturated heterocycles. The molecule has 2 heterocycles. The number of benzene rings is 1. The molecule has 20 heavy (non-hydrogen) atoms. The molecule has 1 fully saturated rings. The number of amides is 1. The fraction of sp³-hybridized carbons (Fsp3) is 0.214. The summed E-state index contributed by atoms with van der Waals surface area (Å²) in [6.45, 7) is 2.39. The summed E-state index contributed by atoms with van der Waals surface area (Å²) in [6.07, 6.45) is 0. The number of likely N-dealkylation sites (N-methyl/N-ethyl adjacent to an activating group) is 1. The molecule has 0 bridgehead atoms. The molecule has 6 heteroatoms. The Hall–Kier alpha value is -1.62. The zero-order valence-corrected chi connectivity index (χ0v) is 12.8. The standard InChI is InChI=1S/C14H13N3OS2/c1-3-17-13(18)11(20-14(17)15)8-12-16(2)9-6-4-5-7-10(9)19-12/h4-7,15H,3H2,1-2H3. The average Bonchev–Trinajstić information content (AvgIpc) is 2.89. The van der Waals surface area contributed by atoms with E-state index in [0.29, 0.717) is 11.4 Å². The third-order valence-corrected chi connectivity index (χ3v) is 5.19. The molecule has 1 aromatic carbocycles. The van der Waals surface area contributed by atoms with Gasteiger partial charge in [0.2, 0.25) is 0 Å². The normalized spacial score (nSPS) is 17.9. The number of rotatable bonds is 1. The van der Waals surface area contributed by atoms with Gasteiger partial charge in [-0.25, -0.2) is 0 Å². The second kappa shape index (κ2) is 5.05. The highest BCUT2D eigenvalue weighted by Crippen LogP contribution is 2.45. The van der Waals surface area contributed by atoms with Crippen molar-refractivity contribution in [2.45, 2.75) is 11.8 Å². The Morgan fingerprint density at radius 1 is 1.30 bits per heavy atom. The number of amidine groups is 1. The van der Waals surface area contributed by atoms with Crippen molar-refractivity contribution < 1.29 is 4.79 Å². The maximum absolute atomic E-state index is 12.1. The smallest absolute Gasteiger partial charge is 0.274 e. The highest BCUT2D eigenvalue weighted by Gasteiger charge is 2.32. The van der Waals surface area contributed by atoms with Crippen LogP contribution in [0.2, 0.25) is 0 Å². The maximum atomic E-state index is 12.1. The summed E-state index contributed by atoms with van der Waals surface area (Å²) in [5.41, 5.74) is 4.30. The van der Waals surface area contributed by atoms with Crippen LogP contribution in [0.1, 0.15) is 6.92 Å². The largest absolute Gasteiger partial charge is 0.332 e. The summed E-state index contributed by atoms with van der Waals surface area (Å²) in [4.78, 5) is 17.3. The average molecular weight is 303 g/mol. The van der Waals surface area contributed by atoms with Gasteiger partial charge >= 0.3 is 0 Å². The molecule has 0 radical (unpaired) electrons. The van der Waals surface area contributed by atoms with Gasteiger partial charge in [0.1, 0.15) is 9.93 Å². The van der Waals surface area contributed by atoms with Gasteiger partial charge in [0.15, 0.2) is 5.17 Å². The zero-order valence-electron chi connectivity index (χ0n) is 11.1. The highest BCUT2D eigenvalue weighted by molar-refractivity contribution is 8.18. The second-order valence-electron chi connectivity index (χ2n) is 4.34. The van der Waals surface area contributed by atoms with Crippen LogP contribution in [0.4, 0.5) is 5.69 Å². The third kappa shape index (κ3) is 2.06. The molecule has 1 N–H and O–H groups in total. The summed E-state index contributed by atoms with van der Waals surface area (Å²) in [5, 5.41) is 8.97. The van der Waals surface area contributed by atoms with E-state index in [1.165, 1.54) is 16.7 Å². The molecule has 4 nitrogen and oxygen atoms in total. The summed E-state index contributed by atoms with van der Waals surface area (Å²) in [5.74, 6) is -0.125. The van der Waals surface area contributed by atoms with Crippen molar-refractivity contribution in [1.29, 1.82) is 5.41 Å². The number of anilines is 1. The molecule has 1 amide bonds. The molecule has 0 saturated carbocycles. The fourth-order valence-electron chi connectivity index (χ4n) is 2.09. The van der Waals surface area contributed by atoms with Gasteiger partial charge in [-0.1, -0.05) is 29.6 Å². The van der Waals surface area contributed by atoms with Crippen molar-refractivity contribution in [1.82, 2.24) is 4.90 Å². The van der Waals surface area contributed by atoms with Crippen molar-refractivity contribution in [2.24, 2.45) is 0 Å². The van der Waals surface area contributed by atoms with Gasteiger partial charge < -0.3 is 4.90 Å². The van der Waals surface area contributed by atoms with E-state index in [0.717, 1.165) is 15.6 Å². The molecule has 0 unspecified atom stereocenters. The van der Waals surface area contributed by atoms with Gasteiger partial charge in [0.25, 0.3) is 5.91 Å². The van der Waals surface area contributed by atoms with Crippen molar-refractivity contribution in [2.75, 3.05) is 18.5 Å². The minimum atomic E-state index is -0.125. The van der Waals surface area contributed by atoms with Gasteiger partial charge in [-0.3, -0.25) is 15.1 Å². The first-order valence-corrected chi connectivity index (χ1v) is 7.85. The lowest BCUT2D eigenvalue weighted by atomic mass is 10.3. The Kier molecular flexibility index (Phi) is 3.38. The van der Waals surface area contributed by atoms with E-state index >= 15 is 0 Å². The van der Waals surface area contributed by atoms with Crippen LogP contribution in [0.3, 0.4) is 0 Å². The van der Waals surface area contributed by atoms with Crippen LogP contribution < -0.4 is 4.90 Å². The monoisotopic (exact) mass is 303 g/mol. The maximum Gasteiger partial charge on any atom is 0.274 e. The van der Waals surface area contributed by atoms with Gasteiger partial charge in [-0.2, -0.15) is 0 Å². The number of nitrogens with zero attached hydrogens (tertiary/aromatic N) is 2. The lowest BCUT2D eigenvalue weighted by Gasteiger charge is -2.11. The predicted octanol–water partition coefficient (Wildman–Crippen LogP) is 3.08. The number of hydrogen-bond acceptors (Lipinski definition) is 5. The van der Waals surface area contributed by atoms with Crippen LogP contribution in [0.25, 0.3) is 0 Å². The SMILES string of the molecule is CCN1C(=N)SC(=C=C2Sc3ccccc3N2C)C1=O. The zero-order chi connectivity index (χ0) is 14.3. The molecule has 3 rings (SSSR count). The number of hydrogen-bond donors (Lipinski definition) is 1. The Bertz CT molecular complexity index is 677. The number of thioether (sulfide) groups is 2. The highest BCUT2D eigenvalue weighted by atomic mass is 32.2. The van der Waals surface area contributed by atoms with Crippen molar-refractivity contribution >= 4 is 40.3 Å². The fourth-order valence-corrected chi connectivity index (χ4v) is 4.06. The molecular weight excluding hydrogens is 290 g/mol. The Morgan fingerprint density at radius 2 is 2.05 bits per heavy atom. The van der Waals surface area contributed by atoms with Crippen molar-refractivity contribution in [3.05, 3.63) is 39.9 Å². The first kappa shape index (κ1) is 13.4.